The van der Waals surface area contributed by atoms with E-state index in [1.54, 1.807) is 12.1 Å². The molecule has 2 amide bonds. The maximum atomic E-state index is 13.1. The molecule has 17 heteroatoms. The van der Waals surface area contributed by atoms with E-state index in [4.69, 9.17) is 33.9 Å². The lowest BCUT2D eigenvalue weighted by atomic mass is 10.0. The van der Waals surface area contributed by atoms with Crippen LogP contribution in [-0.2, 0) is 61.8 Å². The average molecular weight is 858 g/mol. The summed E-state index contributed by atoms with van der Waals surface area (Å²) in [6.07, 6.45) is 10.8. The van der Waals surface area contributed by atoms with Crippen molar-refractivity contribution in [2.45, 2.75) is 74.9 Å². The number of benzene rings is 2. The Morgan fingerprint density at radius 2 is 1.17 bits per heavy atom. The molecule has 0 spiro atoms. The Morgan fingerprint density at radius 1 is 0.583 bits per heavy atom. The number of hydrogen-bond acceptors (Lipinski definition) is 12. The Bertz CT molecular complexity index is 1810. The number of hydrogen-bond donors (Lipinski definition) is 4. The normalized spacial score (nSPS) is 11.3. The lowest BCUT2D eigenvalue weighted by Gasteiger charge is -2.09. The molecule has 60 heavy (non-hydrogen) atoms. The van der Waals surface area contributed by atoms with Crippen molar-refractivity contribution in [1.29, 1.82) is 0 Å². The van der Waals surface area contributed by atoms with Gasteiger partial charge in [0.05, 0.1) is 68.2 Å². The van der Waals surface area contributed by atoms with Crippen LogP contribution < -0.4 is 15.4 Å². The van der Waals surface area contributed by atoms with Crippen LogP contribution in [0.5, 0.6) is 5.75 Å². The van der Waals surface area contributed by atoms with E-state index in [0.717, 1.165) is 44.1 Å². The quantitative estimate of drug-likeness (QED) is 0.0611. The first-order valence-corrected chi connectivity index (χ1v) is 21.9. The average Bonchev–Trinajstić information content (AvgIpc) is 3.22. The van der Waals surface area contributed by atoms with E-state index in [2.05, 4.69) is 39.9 Å². The number of aryl methyl sites for hydroxylation is 1. The number of carbonyl (C=O) groups is 4. The molecule has 0 radical (unpaired) electrons. The summed E-state index contributed by atoms with van der Waals surface area (Å²) in [5.74, 6) is -2.25. The molecule has 0 fully saturated rings. The van der Waals surface area contributed by atoms with Gasteiger partial charge in [-0.25, -0.2) is 13.2 Å². The Morgan fingerprint density at radius 3 is 1.78 bits per heavy atom. The lowest BCUT2D eigenvalue weighted by Crippen LogP contribution is -2.31. The molecule has 0 atom stereocenters. The first-order chi connectivity index (χ1) is 29.0. The minimum absolute atomic E-state index is 0.138. The molecule has 1 aromatic heterocycles. The SMILES string of the molecule is O=C(O)CCCCCCCCCc1ccc(CCOc2ccc(S(=O)(=O)Cc3ccc(C(=O)NCCOCCOCC(=O)NCCOCCOCC(=O)O)cn3)cc2)cc1. The monoisotopic (exact) mass is 857 g/mol. The van der Waals surface area contributed by atoms with Gasteiger partial charge in [0.25, 0.3) is 5.91 Å². The van der Waals surface area contributed by atoms with E-state index in [-0.39, 0.29) is 100 Å². The Balaban J connectivity index is 1.23. The first-order valence-electron chi connectivity index (χ1n) is 20.3. The van der Waals surface area contributed by atoms with Crippen LogP contribution in [0, 0.1) is 0 Å². The predicted molar refractivity (Wildman–Crippen MR) is 222 cm³/mol. The van der Waals surface area contributed by atoms with E-state index < -0.39 is 21.8 Å². The number of carboxylic acids is 2. The summed E-state index contributed by atoms with van der Waals surface area (Å²) in [7, 11) is -3.70. The van der Waals surface area contributed by atoms with Crippen molar-refractivity contribution < 1.29 is 61.5 Å². The topological polar surface area (TPSA) is 226 Å². The second-order valence-electron chi connectivity index (χ2n) is 13.9. The van der Waals surface area contributed by atoms with E-state index in [0.29, 0.717) is 24.5 Å². The minimum atomic E-state index is -3.70. The highest BCUT2D eigenvalue weighted by Crippen LogP contribution is 2.20. The zero-order valence-corrected chi connectivity index (χ0v) is 35.0. The predicted octanol–water partition coefficient (Wildman–Crippen LogP) is 4.42. The summed E-state index contributed by atoms with van der Waals surface area (Å²) in [6.45, 7) is 1.58. The van der Waals surface area contributed by atoms with Crippen molar-refractivity contribution in [3.8, 4) is 5.75 Å². The number of carboxylic acid groups (broad SMARTS) is 2. The number of sulfone groups is 1. The molecule has 2 aromatic carbocycles. The van der Waals surface area contributed by atoms with Crippen LogP contribution in [0.15, 0.2) is 71.8 Å². The number of nitrogens with one attached hydrogen (secondary N) is 2. The molecule has 0 saturated carbocycles. The minimum Gasteiger partial charge on any atom is -0.493 e. The summed E-state index contributed by atoms with van der Waals surface area (Å²) < 4.78 is 52.8. The van der Waals surface area contributed by atoms with E-state index in [9.17, 15) is 27.6 Å². The van der Waals surface area contributed by atoms with Gasteiger partial charge < -0.3 is 44.5 Å². The summed E-state index contributed by atoms with van der Waals surface area (Å²) in [4.78, 5) is 49.5. The third-order valence-electron chi connectivity index (χ3n) is 8.95. The third-order valence-corrected chi connectivity index (χ3v) is 10.6. The van der Waals surface area contributed by atoms with Crippen LogP contribution in [0.1, 0.15) is 78.5 Å². The summed E-state index contributed by atoms with van der Waals surface area (Å²) in [5.41, 5.74) is 3.03. The number of aliphatic carboxylic acids is 2. The molecule has 0 bridgehead atoms. The number of carbonyl (C=O) groups excluding carboxylic acids is 2. The standard InChI is InChI=1S/C43H59N3O13S/c47-40(44-21-24-55-27-29-58-32-42(50)51)31-57-28-26-56-25-22-45-43(52)36-14-15-37(46-30-36)33-60(53,54)39-18-16-38(17-19-39)59-23-20-35-12-10-34(11-13-35)8-6-4-2-1-3-5-7-9-41(48)49/h10-19,30H,1-9,20-29,31-33H2,(H,44,47)(H,45,52)(H,48,49)(H,50,51). The van der Waals surface area contributed by atoms with Crippen molar-refractivity contribution in [2.24, 2.45) is 0 Å². The molecular weight excluding hydrogens is 799 g/mol. The van der Waals surface area contributed by atoms with Crippen LogP contribution in [0.3, 0.4) is 0 Å². The van der Waals surface area contributed by atoms with Gasteiger partial charge in [0.15, 0.2) is 9.84 Å². The smallest absolute Gasteiger partial charge is 0.329 e. The van der Waals surface area contributed by atoms with Gasteiger partial charge in [0.2, 0.25) is 5.91 Å². The zero-order chi connectivity index (χ0) is 43.3. The first kappa shape index (κ1) is 49.4. The molecular formula is C43H59N3O13S. The third kappa shape index (κ3) is 22.4. The fourth-order valence-corrected chi connectivity index (χ4v) is 7.01. The molecule has 0 aliphatic heterocycles. The van der Waals surface area contributed by atoms with Crippen LogP contribution in [0.2, 0.25) is 0 Å². The van der Waals surface area contributed by atoms with Gasteiger partial charge in [0.1, 0.15) is 19.0 Å². The van der Waals surface area contributed by atoms with Crippen molar-refractivity contribution in [3.05, 3.63) is 89.2 Å². The second kappa shape index (κ2) is 29.3. The number of amides is 2. The number of unbranched alkanes of at least 4 members (excludes halogenated alkanes) is 6. The summed E-state index contributed by atoms with van der Waals surface area (Å²) in [6, 6.07) is 17.9. The van der Waals surface area contributed by atoms with Crippen LogP contribution in [0.4, 0.5) is 0 Å². The van der Waals surface area contributed by atoms with Gasteiger partial charge in [-0.15, -0.1) is 0 Å². The molecule has 3 aromatic rings. The second-order valence-corrected chi connectivity index (χ2v) is 15.9. The van der Waals surface area contributed by atoms with Gasteiger partial charge in [-0.3, -0.25) is 19.4 Å². The van der Waals surface area contributed by atoms with Crippen LogP contribution in [0.25, 0.3) is 0 Å². The fourth-order valence-electron chi connectivity index (χ4n) is 5.73. The van der Waals surface area contributed by atoms with Crippen molar-refractivity contribution in [2.75, 3.05) is 72.6 Å². The molecule has 3 rings (SSSR count). The number of pyridine rings is 1. The Kier molecular flexibility index (Phi) is 24.1. The van der Waals surface area contributed by atoms with Crippen molar-refractivity contribution in [1.82, 2.24) is 15.6 Å². The fraction of sp³-hybridized carbons (Fsp3) is 0.512. The van der Waals surface area contributed by atoms with E-state index >= 15 is 0 Å². The summed E-state index contributed by atoms with van der Waals surface area (Å²) in [5, 5.41) is 22.5. The van der Waals surface area contributed by atoms with Crippen LogP contribution >= 0.6 is 0 Å². The number of rotatable bonds is 34. The highest BCUT2D eigenvalue weighted by atomic mass is 32.2. The number of nitrogens with zero attached hydrogens (tertiary/aromatic N) is 1. The van der Waals surface area contributed by atoms with Crippen LogP contribution in [-0.4, -0.2) is 120 Å². The van der Waals surface area contributed by atoms with Gasteiger partial charge in [0, 0.05) is 32.1 Å². The number of aromatic nitrogens is 1. The maximum Gasteiger partial charge on any atom is 0.329 e. The lowest BCUT2D eigenvalue weighted by molar-refractivity contribution is -0.143. The van der Waals surface area contributed by atoms with Gasteiger partial charge in [-0.2, -0.15) is 0 Å². The molecule has 0 unspecified atom stereocenters. The van der Waals surface area contributed by atoms with Gasteiger partial charge >= 0.3 is 11.9 Å². The largest absolute Gasteiger partial charge is 0.493 e. The van der Waals surface area contributed by atoms with Gasteiger partial charge in [-0.1, -0.05) is 56.4 Å². The molecule has 0 aliphatic carbocycles. The van der Waals surface area contributed by atoms with E-state index in [1.807, 2.05) is 0 Å². The highest BCUT2D eigenvalue weighted by molar-refractivity contribution is 7.90. The Labute approximate surface area is 352 Å². The molecule has 1 heterocycles. The highest BCUT2D eigenvalue weighted by Gasteiger charge is 2.17. The molecule has 16 nitrogen and oxygen atoms in total. The van der Waals surface area contributed by atoms with E-state index in [1.165, 1.54) is 48.9 Å². The van der Waals surface area contributed by atoms with Gasteiger partial charge in [-0.05, 0) is 66.8 Å². The molecule has 330 valence electrons. The summed E-state index contributed by atoms with van der Waals surface area (Å²) >= 11 is 0. The maximum absolute atomic E-state index is 13.1. The number of ether oxygens (including phenoxy) is 5. The Hall–Kier alpha value is -4.94. The molecule has 0 saturated heterocycles. The van der Waals surface area contributed by atoms with Crippen molar-refractivity contribution in [3.63, 3.8) is 0 Å². The molecule has 0 aliphatic rings. The van der Waals surface area contributed by atoms with Crippen molar-refractivity contribution >= 4 is 33.6 Å². The zero-order valence-electron chi connectivity index (χ0n) is 34.1. The molecule has 4 N–H and O–H groups in total.